The molecule has 0 saturated heterocycles. The topological polar surface area (TPSA) is 20.3 Å². The second-order valence-corrected chi connectivity index (χ2v) is 8.42. The van der Waals surface area contributed by atoms with Crippen LogP contribution in [0.2, 0.25) is 0 Å². The van der Waals surface area contributed by atoms with E-state index in [2.05, 4.69) is 45.0 Å². The molecular weight excluding hydrogens is 302 g/mol. The predicted molar refractivity (Wildman–Crippen MR) is 99.3 cm³/mol. The van der Waals surface area contributed by atoms with Crippen molar-refractivity contribution in [2.24, 2.45) is 0 Å². The number of thioether (sulfide) groups is 1. The minimum atomic E-state index is 0.0980. The fourth-order valence-corrected chi connectivity index (χ4v) is 2.95. The van der Waals surface area contributed by atoms with Gasteiger partial charge in [0.15, 0.2) is 0 Å². The van der Waals surface area contributed by atoms with Crippen LogP contribution in [0.5, 0.6) is 0 Å². The molecule has 0 heterocycles. The highest BCUT2D eigenvalue weighted by molar-refractivity contribution is 8.01. The lowest BCUT2D eigenvalue weighted by molar-refractivity contribution is -0.129. The molecule has 0 N–H and O–H groups in total. The van der Waals surface area contributed by atoms with E-state index >= 15 is 0 Å². The highest BCUT2D eigenvalue weighted by atomic mass is 32.2. The third-order valence-corrected chi connectivity index (χ3v) is 4.67. The molecule has 23 heavy (non-hydrogen) atoms. The van der Waals surface area contributed by atoms with Crippen molar-refractivity contribution in [2.75, 3.05) is 5.75 Å². The molecule has 0 aliphatic rings. The Morgan fingerprint density at radius 3 is 1.70 bits per heavy atom. The minimum absolute atomic E-state index is 0.0980. The summed E-state index contributed by atoms with van der Waals surface area (Å²) in [5.74, 6) is 0.709. The fraction of sp³-hybridized carbons (Fsp3) is 0.350. The number of hydrogen-bond acceptors (Lipinski definition) is 2. The van der Waals surface area contributed by atoms with Crippen LogP contribution in [0.25, 0.3) is 0 Å². The van der Waals surface area contributed by atoms with E-state index in [1.807, 2.05) is 41.3 Å². The molecule has 0 aromatic heterocycles. The largest absolute Gasteiger partial charge is 0.333 e. The zero-order chi connectivity index (χ0) is 16.7. The van der Waals surface area contributed by atoms with Gasteiger partial charge in [-0.25, -0.2) is 0 Å². The molecule has 0 atom stereocenters. The third kappa shape index (κ3) is 6.49. The van der Waals surface area contributed by atoms with E-state index in [4.69, 9.17) is 0 Å². The Labute approximate surface area is 143 Å². The summed E-state index contributed by atoms with van der Waals surface area (Å²) >= 11 is 1.70. The average Bonchev–Trinajstić information content (AvgIpc) is 2.53. The van der Waals surface area contributed by atoms with Crippen molar-refractivity contribution in [3.05, 3.63) is 71.8 Å². The first-order valence-electron chi connectivity index (χ1n) is 7.94. The summed E-state index contributed by atoms with van der Waals surface area (Å²) in [5, 5.41) is 0. The second-order valence-electron chi connectivity index (χ2n) is 6.62. The van der Waals surface area contributed by atoms with Gasteiger partial charge in [-0.1, -0.05) is 81.4 Å². The van der Waals surface area contributed by atoms with Gasteiger partial charge < -0.3 is 4.90 Å². The molecule has 1 amide bonds. The van der Waals surface area contributed by atoms with Crippen molar-refractivity contribution in [2.45, 2.75) is 38.6 Å². The molecule has 0 aliphatic carbocycles. The maximum atomic E-state index is 12.7. The zero-order valence-corrected chi connectivity index (χ0v) is 15.0. The van der Waals surface area contributed by atoms with E-state index in [1.165, 1.54) is 0 Å². The lowest BCUT2D eigenvalue weighted by Crippen LogP contribution is -2.32. The van der Waals surface area contributed by atoms with Crippen LogP contribution in [0.15, 0.2) is 60.7 Å². The van der Waals surface area contributed by atoms with E-state index in [1.54, 1.807) is 11.8 Å². The molecule has 0 fully saturated rings. The van der Waals surface area contributed by atoms with Crippen LogP contribution in [0.4, 0.5) is 0 Å². The summed E-state index contributed by atoms with van der Waals surface area (Å²) in [6.07, 6.45) is 0. The van der Waals surface area contributed by atoms with Crippen LogP contribution in [0.3, 0.4) is 0 Å². The van der Waals surface area contributed by atoms with Crippen LogP contribution in [-0.2, 0) is 17.9 Å². The molecule has 0 radical (unpaired) electrons. The minimum Gasteiger partial charge on any atom is -0.333 e. The molecule has 0 bridgehead atoms. The first-order chi connectivity index (χ1) is 10.9. The van der Waals surface area contributed by atoms with Gasteiger partial charge in [0.1, 0.15) is 0 Å². The van der Waals surface area contributed by atoms with E-state index in [-0.39, 0.29) is 10.7 Å². The molecule has 0 aliphatic heterocycles. The Morgan fingerprint density at radius 1 is 0.870 bits per heavy atom. The first kappa shape index (κ1) is 17.6. The van der Waals surface area contributed by atoms with Gasteiger partial charge in [-0.2, -0.15) is 0 Å². The van der Waals surface area contributed by atoms with Crippen LogP contribution in [0, 0.1) is 0 Å². The molecule has 0 spiro atoms. The molecule has 2 nitrogen and oxygen atoms in total. The summed E-state index contributed by atoms with van der Waals surface area (Å²) in [6.45, 7) is 7.73. The van der Waals surface area contributed by atoms with Crippen LogP contribution in [0.1, 0.15) is 31.9 Å². The molecule has 2 rings (SSSR count). The van der Waals surface area contributed by atoms with Gasteiger partial charge >= 0.3 is 0 Å². The first-order valence-corrected chi connectivity index (χ1v) is 8.92. The summed E-state index contributed by atoms with van der Waals surface area (Å²) < 4.78 is 0.0980. The standard InChI is InChI=1S/C20H25NOS/c1-20(2,3)23-16-19(22)21(14-17-10-6-4-7-11-17)15-18-12-8-5-9-13-18/h4-13H,14-16H2,1-3H3. The number of amides is 1. The number of nitrogens with zero attached hydrogens (tertiary/aromatic N) is 1. The Kier molecular flexibility index (Phi) is 6.28. The molecule has 122 valence electrons. The lowest BCUT2D eigenvalue weighted by Gasteiger charge is -2.25. The Bertz CT molecular complexity index is 563. The summed E-state index contributed by atoms with van der Waals surface area (Å²) in [7, 11) is 0. The van der Waals surface area contributed by atoms with Gasteiger partial charge in [-0.3, -0.25) is 4.79 Å². The molecule has 2 aromatic carbocycles. The maximum absolute atomic E-state index is 12.7. The summed E-state index contributed by atoms with van der Waals surface area (Å²) in [6, 6.07) is 20.4. The van der Waals surface area contributed by atoms with Gasteiger partial charge in [0.25, 0.3) is 0 Å². The van der Waals surface area contributed by atoms with E-state index in [0.717, 1.165) is 11.1 Å². The van der Waals surface area contributed by atoms with Gasteiger partial charge in [0.05, 0.1) is 5.75 Å². The van der Waals surface area contributed by atoms with Crippen LogP contribution in [-0.4, -0.2) is 21.3 Å². The highest BCUT2D eigenvalue weighted by Gasteiger charge is 2.18. The smallest absolute Gasteiger partial charge is 0.233 e. The average molecular weight is 327 g/mol. The maximum Gasteiger partial charge on any atom is 0.233 e. The van der Waals surface area contributed by atoms with Crippen molar-refractivity contribution < 1.29 is 4.79 Å². The van der Waals surface area contributed by atoms with Gasteiger partial charge in [0, 0.05) is 17.8 Å². The second kappa shape index (κ2) is 8.21. The Balaban J connectivity index is 2.08. The van der Waals surface area contributed by atoms with E-state index in [9.17, 15) is 4.79 Å². The van der Waals surface area contributed by atoms with E-state index < -0.39 is 0 Å². The SMILES string of the molecule is CC(C)(C)SCC(=O)N(Cc1ccccc1)Cc1ccccc1. The third-order valence-electron chi connectivity index (χ3n) is 3.41. The zero-order valence-electron chi connectivity index (χ0n) is 14.2. The lowest BCUT2D eigenvalue weighted by atomic mass is 10.1. The molecular formula is C20H25NOS. The predicted octanol–water partition coefficient (Wildman–Crippen LogP) is 4.75. The summed E-state index contributed by atoms with van der Waals surface area (Å²) in [4.78, 5) is 14.7. The van der Waals surface area contributed by atoms with Crippen molar-refractivity contribution in [1.29, 1.82) is 0 Å². The van der Waals surface area contributed by atoms with Gasteiger partial charge in [-0.05, 0) is 11.1 Å². The normalized spacial score (nSPS) is 11.3. The number of carbonyl (C=O) groups excluding carboxylic acids is 1. The van der Waals surface area contributed by atoms with Crippen molar-refractivity contribution in [1.82, 2.24) is 4.90 Å². The summed E-state index contributed by atoms with van der Waals surface area (Å²) in [5.41, 5.74) is 2.33. The van der Waals surface area contributed by atoms with Gasteiger partial charge in [-0.15, -0.1) is 11.8 Å². The Hall–Kier alpha value is -1.74. The van der Waals surface area contributed by atoms with Crippen molar-refractivity contribution in [3.63, 3.8) is 0 Å². The highest BCUT2D eigenvalue weighted by Crippen LogP contribution is 2.24. The molecule has 0 unspecified atom stereocenters. The Morgan fingerprint density at radius 2 is 1.30 bits per heavy atom. The van der Waals surface area contributed by atoms with Crippen LogP contribution >= 0.6 is 11.8 Å². The van der Waals surface area contributed by atoms with E-state index in [0.29, 0.717) is 18.8 Å². The van der Waals surface area contributed by atoms with Gasteiger partial charge in [0.2, 0.25) is 5.91 Å². The number of hydrogen-bond donors (Lipinski definition) is 0. The monoisotopic (exact) mass is 327 g/mol. The number of rotatable bonds is 6. The number of benzene rings is 2. The number of carbonyl (C=O) groups is 1. The van der Waals surface area contributed by atoms with Crippen molar-refractivity contribution >= 4 is 17.7 Å². The van der Waals surface area contributed by atoms with Crippen LogP contribution < -0.4 is 0 Å². The fourth-order valence-electron chi connectivity index (χ4n) is 2.21. The molecule has 3 heteroatoms. The molecule has 2 aromatic rings. The molecule has 0 saturated carbocycles. The van der Waals surface area contributed by atoms with Crippen molar-refractivity contribution in [3.8, 4) is 0 Å². The quantitative estimate of drug-likeness (QED) is 0.763.